The lowest BCUT2D eigenvalue weighted by molar-refractivity contribution is -0.112. The van der Waals surface area contributed by atoms with E-state index >= 15 is 0 Å². The molecule has 0 saturated heterocycles. The Hall–Kier alpha value is -2.10. The van der Waals surface area contributed by atoms with Crippen molar-refractivity contribution in [1.29, 1.82) is 5.26 Å². The number of amides is 1. The first kappa shape index (κ1) is 18.2. The van der Waals surface area contributed by atoms with Crippen LogP contribution in [-0.4, -0.2) is 13.0 Å². The molecule has 4 nitrogen and oxygen atoms in total. The highest BCUT2D eigenvalue weighted by Gasteiger charge is 2.14. The molecule has 122 valence electrons. The average Bonchev–Trinajstić information content (AvgIpc) is 2.54. The first-order valence-corrected chi connectivity index (χ1v) is 8.56. The lowest BCUT2D eigenvalue weighted by atomic mass is 10.1. The summed E-state index contributed by atoms with van der Waals surface area (Å²) in [5.74, 6) is 0.0830. The molecule has 1 amide bonds. The zero-order valence-corrected chi connectivity index (χ0v) is 16.2. The zero-order chi connectivity index (χ0) is 17.7. The van der Waals surface area contributed by atoms with Gasteiger partial charge in [-0.3, -0.25) is 4.79 Å². The van der Waals surface area contributed by atoms with Crippen molar-refractivity contribution in [3.8, 4) is 11.8 Å². The highest BCUT2D eigenvalue weighted by atomic mass is 79.9. The number of nitriles is 1. The van der Waals surface area contributed by atoms with Crippen LogP contribution in [-0.2, 0) is 4.79 Å². The standard InChI is InChI=1S/C18H14Br2N2O2/c1-11-5-3-4-6-16(11)22-18(23)13(10-21)7-12-8-14(19)9-15(20)17(12)24-2/h3-9H,1-2H3,(H,22,23)/b13-7+. The molecule has 6 heteroatoms. The average molecular weight is 450 g/mol. The number of halogens is 2. The van der Waals surface area contributed by atoms with Gasteiger partial charge in [-0.25, -0.2) is 0 Å². The van der Waals surface area contributed by atoms with Crippen LogP contribution in [0.15, 0.2) is 50.9 Å². The van der Waals surface area contributed by atoms with Crippen molar-refractivity contribution in [2.75, 3.05) is 12.4 Å². The number of aryl methyl sites for hydroxylation is 1. The fraction of sp³-hybridized carbons (Fsp3) is 0.111. The molecule has 0 heterocycles. The van der Waals surface area contributed by atoms with Crippen molar-refractivity contribution in [2.45, 2.75) is 6.92 Å². The predicted octanol–water partition coefficient (Wildman–Crippen LogP) is 5.07. The highest BCUT2D eigenvalue weighted by molar-refractivity contribution is 9.11. The Morgan fingerprint density at radius 3 is 2.62 bits per heavy atom. The molecule has 0 bridgehead atoms. The summed E-state index contributed by atoms with van der Waals surface area (Å²) in [6.07, 6.45) is 1.50. The zero-order valence-electron chi connectivity index (χ0n) is 13.1. The van der Waals surface area contributed by atoms with Crippen molar-refractivity contribution in [3.05, 3.63) is 62.0 Å². The van der Waals surface area contributed by atoms with Crippen molar-refractivity contribution in [3.63, 3.8) is 0 Å². The van der Waals surface area contributed by atoms with E-state index in [0.717, 1.165) is 14.5 Å². The quantitative estimate of drug-likeness (QED) is 0.523. The van der Waals surface area contributed by atoms with Gasteiger partial charge in [0.1, 0.15) is 17.4 Å². The molecule has 0 aromatic heterocycles. The number of hydrogen-bond acceptors (Lipinski definition) is 3. The number of rotatable bonds is 4. The van der Waals surface area contributed by atoms with E-state index in [9.17, 15) is 10.1 Å². The minimum atomic E-state index is -0.468. The monoisotopic (exact) mass is 448 g/mol. The number of anilines is 1. The van der Waals surface area contributed by atoms with E-state index < -0.39 is 5.91 Å². The van der Waals surface area contributed by atoms with Crippen LogP contribution in [0.4, 0.5) is 5.69 Å². The number of methoxy groups -OCH3 is 1. The van der Waals surface area contributed by atoms with Gasteiger partial charge in [-0.2, -0.15) is 5.26 Å². The third kappa shape index (κ3) is 4.25. The number of nitrogens with zero attached hydrogens (tertiary/aromatic N) is 1. The lowest BCUT2D eigenvalue weighted by Gasteiger charge is -2.10. The number of carbonyl (C=O) groups is 1. The molecule has 0 spiro atoms. The van der Waals surface area contributed by atoms with E-state index in [1.807, 2.05) is 37.3 Å². The van der Waals surface area contributed by atoms with Gasteiger partial charge in [-0.15, -0.1) is 0 Å². The van der Waals surface area contributed by atoms with E-state index in [-0.39, 0.29) is 5.57 Å². The Kier molecular flexibility index (Phi) is 6.18. The third-order valence-corrected chi connectivity index (χ3v) is 4.35. The number of para-hydroxylation sites is 1. The number of ether oxygens (including phenoxy) is 1. The Morgan fingerprint density at radius 1 is 1.29 bits per heavy atom. The maximum Gasteiger partial charge on any atom is 0.266 e. The van der Waals surface area contributed by atoms with Gasteiger partial charge < -0.3 is 10.1 Å². The topological polar surface area (TPSA) is 62.1 Å². The molecule has 0 fully saturated rings. The molecule has 0 aliphatic carbocycles. The predicted molar refractivity (Wildman–Crippen MR) is 102 cm³/mol. The Labute approximate surface area is 157 Å². The maximum atomic E-state index is 12.4. The number of hydrogen-bond donors (Lipinski definition) is 1. The molecule has 1 N–H and O–H groups in total. The second-order valence-corrected chi connectivity index (χ2v) is 6.72. The van der Waals surface area contributed by atoms with Gasteiger partial charge in [0.05, 0.1) is 11.6 Å². The van der Waals surface area contributed by atoms with Crippen molar-refractivity contribution in [2.24, 2.45) is 0 Å². The Bertz CT molecular complexity index is 855. The molecule has 0 unspecified atom stereocenters. The van der Waals surface area contributed by atoms with Gasteiger partial charge in [0.2, 0.25) is 0 Å². The first-order valence-electron chi connectivity index (χ1n) is 6.98. The largest absolute Gasteiger partial charge is 0.495 e. The molecule has 0 saturated carbocycles. The van der Waals surface area contributed by atoms with Crippen molar-refractivity contribution >= 4 is 49.5 Å². The summed E-state index contributed by atoms with van der Waals surface area (Å²) in [4.78, 5) is 12.4. The number of benzene rings is 2. The highest BCUT2D eigenvalue weighted by Crippen LogP contribution is 2.34. The maximum absolute atomic E-state index is 12.4. The SMILES string of the molecule is COc1c(Br)cc(Br)cc1/C=C(\C#N)C(=O)Nc1ccccc1C. The van der Waals surface area contributed by atoms with E-state index in [1.54, 1.807) is 12.1 Å². The summed E-state index contributed by atoms with van der Waals surface area (Å²) in [6.45, 7) is 1.89. The fourth-order valence-corrected chi connectivity index (χ4v) is 3.53. The summed E-state index contributed by atoms with van der Waals surface area (Å²) in [7, 11) is 1.53. The summed E-state index contributed by atoms with van der Waals surface area (Å²) < 4.78 is 6.87. The molecular formula is C18H14Br2N2O2. The number of nitrogens with one attached hydrogen (secondary N) is 1. The molecule has 2 rings (SSSR count). The molecule has 0 aliphatic rings. The molecule has 24 heavy (non-hydrogen) atoms. The van der Waals surface area contributed by atoms with Crippen LogP contribution in [0.1, 0.15) is 11.1 Å². The van der Waals surface area contributed by atoms with Gasteiger partial charge >= 0.3 is 0 Å². The van der Waals surface area contributed by atoms with Crippen LogP contribution in [0, 0.1) is 18.3 Å². The molecule has 2 aromatic rings. The third-order valence-electron chi connectivity index (χ3n) is 3.30. The summed E-state index contributed by atoms with van der Waals surface area (Å²) in [6, 6.07) is 12.9. The van der Waals surface area contributed by atoms with Gasteiger partial charge in [0, 0.05) is 15.7 Å². The number of carbonyl (C=O) groups excluding carboxylic acids is 1. The van der Waals surface area contributed by atoms with E-state index in [0.29, 0.717) is 17.0 Å². The minimum absolute atomic E-state index is 0.0125. The van der Waals surface area contributed by atoms with Crippen LogP contribution in [0.3, 0.4) is 0 Å². The van der Waals surface area contributed by atoms with E-state index in [2.05, 4.69) is 37.2 Å². The van der Waals surface area contributed by atoms with Crippen LogP contribution < -0.4 is 10.1 Å². The van der Waals surface area contributed by atoms with Gasteiger partial charge in [-0.1, -0.05) is 34.1 Å². The first-order chi connectivity index (χ1) is 11.5. The van der Waals surface area contributed by atoms with E-state index in [4.69, 9.17) is 4.74 Å². The lowest BCUT2D eigenvalue weighted by Crippen LogP contribution is -2.14. The molecule has 0 aliphatic heterocycles. The van der Waals surface area contributed by atoms with Crippen LogP contribution in [0.25, 0.3) is 6.08 Å². The van der Waals surface area contributed by atoms with Gasteiger partial charge in [0.25, 0.3) is 5.91 Å². The summed E-state index contributed by atoms with van der Waals surface area (Å²) >= 11 is 6.79. The van der Waals surface area contributed by atoms with Crippen LogP contribution >= 0.6 is 31.9 Å². The van der Waals surface area contributed by atoms with Crippen molar-refractivity contribution < 1.29 is 9.53 Å². The van der Waals surface area contributed by atoms with Crippen LogP contribution in [0.2, 0.25) is 0 Å². The molecule has 0 radical (unpaired) electrons. The Morgan fingerprint density at radius 2 is 2.00 bits per heavy atom. The molecular weight excluding hydrogens is 436 g/mol. The second kappa shape index (κ2) is 8.13. The minimum Gasteiger partial charge on any atom is -0.495 e. The summed E-state index contributed by atoms with van der Waals surface area (Å²) in [5.41, 5.74) is 2.20. The van der Waals surface area contributed by atoms with Crippen molar-refractivity contribution in [1.82, 2.24) is 0 Å². The normalized spacial score (nSPS) is 10.9. The molecule has 0 atom stereocenters. The van der Waals surface area contributed by atoms with Gasteiger partial charge in [-0.05, 0) is 52.7 Å². The van der Waals surface area contributed by atoms with Gasteiger partial charge in [0.15, 0.2) is 0 Å². The Balaban J connectivity index is 2.38. The smallest absolute Gasteiger partial charge is 0.266 e. The van der Waals surface area contributed by atoms with Crippen LogP contribution in [0.5, 0.6) is 5.75 Å². The van der Waals surface area contributed by atoms with E-state index in [1.165, 1.54) is 13.2 Å². The summed E-state index contributed by atoms with van der Waals surface area (Å²) in [5, 5.41) is 12.1. The fourth-order valence-electron chi connectivity index (χ4n) is 2.11. The second-order valence-electron chi connectivity index (χ2n) is 4.95. The molecule has 2 aromatic carbocycles.